The van der Waals surface area contributed by atoms with E-state index in [2.05, 4.69) is 55.4 Å². The van der Waals surface area contributed by atoms with Gasteiger partial charge in [-0.15, -0.1) is 0 Å². The fourth-order valence-electron chi connectivity index (χ4n) is 7.40. The van der Waals surface area contributed by atoms with Gasteiger partial charge in [-0.25, -0.2) is 4.39 Å². The van der Waals surface area contributed by atoms with Crippen LogP contribution in [0.1, 0.15) is 107 Å². The molecule has 7 atom stereocenters. The second-order valence-electron chi connectivity index (χ2n) is 10.7. The molecule has 2 saturated carbocycles. The van der Waals surface area contributed by atoms with Crippen LogP contribution in [0, 0.1) is 46.8 Å². The van der Waals surface area contributed by atoms with Crippen molar-refractivity contribution in [3.63, 3.8) is 0 Å². The van der Waals surface area contributed by atoms with Gasteiger partial charge in [0.1, 0.15) is 5.67 Å². The molecule has 1 heteroatoms. The Balaban J connectivity index is 2.45. The number of hydrogen-bond acceptors (Lipinski definition) is 0. The average molecular weight is 367 g/mol. The van der Waals surface area contributed by atoms with E-state index >= 15 is 4.39 Å². The summed E-state index contributed by atoms with van der Waals surface area (Å²) in [5.74, 6) is 4.15. The van der Waals surface area contributed by atoms with Crippen molar-refractivity contribution in [1.29, 1.82) is 0 Å². The van der Waals surface area contributed by atoms with Crippen LogP contribution in [0.25, 0.3) is 0 Å². The Morgan fingerprint density at radius 3 is 2.08 bits per heavy atom. The molecule has 0 N–H and O–H groups in total. The van der Waals surface area contributed by atoms with E-state index in [0.717, 1.165) is 18.3 Å². The quantitative estimate of drug-likeness (QED) is 0.405. The summed E-state index contributed by atoms with van der Waals surface area (Å²) in [6, 6.07) is 0. The lowest BCUT2D eigenvalue weighted by molar-refractivity contribution is -0.141. The highest BCUT2D eigenvalue weighted by molar-refractivity contribution is 5.11. The zero-order valence-electron chi connectivity index (χ0n) is 19.1. The van der Waals surface area contributed by atoms with Crippen LogP contribution in [0.2, 0.25) is 0 Å². The molecule has 0 radical (unpaired) electrons. The Hall–Kier alpha value is -0.0700. The van der Waals surface area contributed by atoms with E-state index in [1.54, 1.807) is 0 Å². The molecule has 0 amide bonds. The predicted molar refractivity (Wildman–Crippen MR) is 113 cm³/mol. The van der Waals surface area contributed by atoms with Gasteiger partial charge in [-0.2, -0.15) is 0 Å². The first-order chi connectivity index (χ1) is 12.2. The van der Waals surface area contributed by atoms with Crippen LogP contribution in [0.15, 0.2) is 0 Å². The van der Waals surface area contributed by atoms with Crippen LogP contribution in [0.4, 0.5) is 4.39 Å². The molecule has 26 heavy (non-hydrogen) atoms. The van der Waals surface area contributed by atoms with Crippen LogP contribution in [-0.2, 0) is 0 Å². The van der Waals surface area contributed by atoms with Crippen molar-refractivity contribution in [3.05, 3.63) is 0 Å². The smallest absolute Gasteiger partial charge is 0.114 e. The summed E-state index contributed by atoms with van der Waals surface area (Å²) in [7, 11) is 0. The lowest BCUT2D eigenvalue weighted by atomic mass is 9.48. The summed E-state index contributed by atoms with van der Waals surface area (Å²) >= 11 is 0. The van der Waals surface area contributed by atoms with Crippen LogP contribution >= 0.6 is 0 Å². The number of alkyl halides is 1. The zero-order chi connectivity index (χ0) is 19.7. The van der Waals surface area contributed by atoms with E-state index in [4.69, 9.17) is 0 Å². The van der Waals surface area contributed by atoms with E-state index in [9.17, 15) is 0 Å². The molecule has 0 aromatic heterocycles. The second-order valence-corrected chi connectivity index (χ2v) is 10.7. The van der Waals surface area contributed by atoms with Crippen molar-refractivity contribution in [2.24, 2.45) is 46.8 Å². The third-order valence-corrected chi connectivity index (χ3v) is 8.94. The highest BCUT2D eigenvalue weighted by Gasteiger charge is 2.62. The summed E-state index contributed by atoms with van der Waals surface area (Å²) in [6.07, 6.45) is 9.01. The monoisotopic (exact) mass is 366 g/mol. The Kier molecular flexibility index (Phi) is 7.28. The Labute approximate surface area is 164 Å². The van der Waals surface area contributed by atoms with E-state index in [-0.39, 0.29) is 11.3 Å². The molecule has 0 bridgehead atoms. The van der Waals surface area contributed by atoms with E-state index in [1.165, 1.54) is 38.5 Å². The molecule has 7 unspecified atom stereocenters. The summed E-state index contributed by atoms with van der Waals surface area (Å²) in [4.78, 5) is 0. The predicted octanol–water partition coefficient (Wildman–Crippen LogP) is 8.30. The molecular weight excluding hydrogens is 319 g/mol. The minimum atomic E-state index is -0.961. The van der Waals surface area contributed by atoms with Crippen molar-refractivity contribution in [1.82, 2.24) is 0 Å². The molecule has 2 rings (SSSR count). The molecule has 154 valence electrons. The largest absolute Gasteiger partial charge is 0.244 e. The summed E-state index contributed by atoms with van der Waals surface area (Å²) < 4.78 is 16.8. The molecule has 0 nitrogen and oxygen atoms in total. The second kappa shape index (κ2) is 8.52. The molecule has 0 heterocycles. The van der Waals surface area contributed by atoms with E-state index in [0.29, 0.717) is 30.1 Å². The lowest BCUT2D eigenvalue weighted by Crippen LogP contribution is -2.57. The van der Waals surface area contributed by atoms with Crippen molar-refractivity contribution in [2.45, 2.75) is 112 Å². The highest BCUT2D eigenvalue weighted by atomic mass is 19.1. The maximum absolute atomic E-state index is 16.8. The van der Waals surface area contributed by atoms with Gasteiger partial charge in [0.2, 0.25) is 0 Å². The van der Waals surface area contributed by atoms with Crippen molar-refractivity contribution in [2.75, 3.05) is 0 Å². The van der Waals surface area contributed by atoms with Gasteiger partial charge >= 0.3 is 0 Å². The number of halogens is 1. The Bertz CT molecular complexity index is 441. The van der Waals surface area contributed by atoms with Crippen LogP contribution in [0.3, 0.4) is 0 Å². The molecular formula is C25H47F. The van der Waals surface area contributed by atoms with Crippen LogP contribution in [0.5, 0.6) is 0 Å². The fourth-order valence-corrected chi connectivity index (χ4v) is 7.40. The van der Waals surface area contributed by atoms with Gasteiger partial charge in [0.05, 0.1) is 0 Å². The normalized spacial score (nSPS) is 41.7. The van der Waals surface area contributed by atoms with Gasteiger partial charge in [0.25, 0.3) is 0 Å². The molecule has 0 spiro atoms. The van der Waals surface area contributed by atoms with Gasteiger partial charge < -0.3 is 0 Å². The minimum Gasteiger partial charge on any atom is -0.244 e. The van der Waals surface area contributed by atoms with Crippen LogP contribution in [-0.4, -0.2) is 5.67 Å². The molecule has 2 aliphatic rings. The van der Waals surface area contributed by atoms with Crippen molar-refractivity contribution in [3.8, 4) is 0 Å². The van der Waals surface area contributed by atoms with Gasteiger partial charge in [0, 0.05) is 0 Å². The first-order valence-electron chi connectivity index (χ1n) is 11.9. The van der Waals surface area contributed by atoms with E-state index < -0.39 is 5.67 Å². The SMILES string of the molecule is CCC1C(C(CCC(C)C)C(C)C)C(F)(CC)CC2(CC)C(C)CCC12. The summed E-state index contributed by atoms with van der Waals surface area (Å²) in [6.45, 7) is 18.6. The standard InChI is InChI=1S/C25H47F/c1-9-20-22-15-13-19(8)24(22,10-2)16-25(26,11-3)23(20)21(18(6)7)14-12-17(4)5/h17-23H,9-16H2,1-8H3. The van der Waals surface area contributed by atoms with Gasteiger partial charge in [-0.3, -0.25) is 0 Å². The number of fused-ring (bicyclic) bond motifs is 1. The highest BCUT2D eigenvalue weighted by Crippen LogP contribution is 2.67. The third kappa shape index (κ3) is 3.75. The first-order valence-corrected chi connectivity index (χ1v) is 11.9. The Morgan fingerprint density at radius 1 is 0.962 bits per heavy atom. The topological polar surface area (TPSA) is 0 Å². The molecule has 2 aliphatic carbocycles. The number of hydrogen-bond donors (Lipinski definition) is 0. The maximum Gasteiger partial charge on any atom is 0.114 e. The molecule has 2 fully saturated rings. The molecule has 0 saturated heterocycles. The third-order valence-electron chi connectivity index (χ3n) is 8.94. The van der Waals surface area contributed by atoms with Gasteiger partial charge in [-0.05, 0) is 85.4 Å². The fraction of sp³-hybridized carbons (Fsp3) is 1.00. The van der Waals surface area contributed by atoms with Crippen molar-refractivity contribution >= 4 is 0 Å². The average Bonchev–Trinajstić information content (AvgIpc) is 2.91. The zero-order valence-corrected chi connectivity index (χ0v) is 19.1. The Morgan fingerprint density at radius 2 is 1.62 bits per heavy atom. The van der Waals surface area contributed by atoms with Gasteiger partial charge in [0.15, 0.2) is 0 Å². The van der Waals surface area contributed by atoms with Crippen molar-refractivity contribution < 1.29 is 4.39 Å². The minimum absolute atomic E-state index is 0.265. The molecule has 0 aliphatic heterocycles. The summed E-state index contributed by atoms with van der Waals surface area (Å²) in [5.41, 5.74) is -0.695. The summed E-state index contributed by atoms with van der Waals surface area (Å²) in [5, 5.41) is 0. The molecule has 0 aromatic rings. The lowest BCUT2D eigenvalue weighted by Gasteiger charge is -2.58. The molecule has 0 aromatic carbocycles. The maximum atomic E-state index is 16.8. The van der Waals surface area contributed by atoms with Gasteiger partial charge in [-0.1, -0.05) is 68.2 Å². The first kappa shape index (κ1) is 22.2. The van der Waals surface area contributed by atoms with Crippen LogP contribution < -0.4 is 0 Å². The van der Waals surface area contributed by atoms with E-state index in [1.807, 2.05) is 0 Å². The number of rotatable bonds is 8.